The predicted molar refractivity (Wildman–Crippen MR) is 212 cm³/mol. The SMILES string of the molecule is CCCCCCCCCCCCn1c2cc(N)nc(=O)c-2nc2c(C)c3c(cc21)nc1c(=O)nc(N)cc-1n3CCCCCCCCCCCC. The van der Waals surface area contributed by atoms with Gasteiger partial charge < -0.3 is 20.6 Å². The van der Waals surface area contributed by atoms with Crippen LogP contribution in [-0.4, -0.2) is 29.1 Å². The molecule has 1 aromatic rings. The Labute approximate surface area is 303 Å². The maximum absolute atomic E-state index is 13.2. The van der Waals surface area contributed by atoms with Crippen LogP contribution in [0.15, 0.2) is 27.8 Å². The van der Waals surface area contributed by atoms with Gasteiger partial charge in [0.1, 0.15) is 11.6 Å². The predicted octanol–water partition coefficient (Wildman–Crippen LogP) is 9.42. The molecule has 4 N–H and O–H groups in total. The highest BCUT2D eigenvalue weighted by molar-refractivity contribution is 5.98. The van der Waals surface area contributed by atoms with E-state index in [1.165, 1.54) is 103 Å². The van der Waals surface area contributed by atoms with Gasteiger partial charge in [-0.3, -0.25) is 9.59 Å². The van der Waals surface area contributed by atoms with Crippen LogP contribution in [0.1, 0.15) is 148 Å². The van der Waals surface area contributed by atoms with E-state index in [1.54, 1.807) is 12.1 Å². The Morgan fingerprint density at radius 2 is 0.941 bits per heavy atom. The number of hydrogen-bond donors (Lipinski definition) is 2. The van der Waals surface area contributed by atoms with E-state index >= 15 is 0 Å². The van der Waals surface area contributed by atoms with Gasteiger partial charge in [0.25, 0.3) is 11.1 Å². The summed E-state index contributed by atoms with van der Waals surface area (Å²) in [6.07, 6.45) is 24.7. The van der Waals surface area contributed by atoms with Crippen LogP contribution in [-0.2, 0) is 13.1 Å². The van der Waals surface area contributed by atoms with Gasteiger partial charge in [0.05, 0.1) is 33.5 Å². The van der Waals surface area contributed by atoms with Crippen LogP contribution in [0.25, 0.3) is 44.8 Å². The lowest BCUT2D eigenvalue weighted by Crippen LogP contribution is -2.21. The van der Waals surface area contributed by atoms with Crippen molar-refractivity contribution in [2.75, 3.05) is 11.5 Å². The fourth-order valence-corrected chi connectivity index (χ4v) is 7.67. The van der Waals surface area contributed by atoms with Gasteiger partial charge in [-0.05, 0) is 25.8 Å². The molecular weight excluding hydrogens is 637 g/mol. The van der Waals surface area contributed by atoms with Gasteiger partial charge in [-0.2, -0.15) is 9.97 Å². The summed E-state index contributed by atoms with van der Waals surface area (Å²) in [5.74, 6) is 0.364. The van der Waals surface area contributed by atoms with Gasteiger partial charge in [0.15, 0.2) is 11.4 Å². The molecule has 0 aliphatic carbocycles. The Balaban J connectivity index is 1.46. The molecule has 0 amide bonds. The fourth-order valence-electron chi connectivity index (χ4n) is 7.67. The smallest absolute Gasteiger partial charge is 0.299 e. The summed E-state index contributed by atoms with van der Waals surface area (Å²) in [5.41, 5.74) is 17.5. The third kappa shape index (κ3) is 9.63. The molecule has 4 heterocycles. The molecule has 0 saturated carbocycles. The van der Waals surface area contributed by atoms with E-state index in [4.69, 9.17) is 21.4 Å². The lowest BCUT2D eigenvalue weighted by Gasteiger charge is -2.23. The molecule has 4 aliphatic heterocycles. The molecule has 0 fully saturated rings. The van der Waals surface area contributed by atoms with E-state index < -0.39 is 11.1 Å². The van der Waals surface area contributed by atoms with Crippen LogP contribution >= 0.6 is 0 Å². The van der Waals surface area contributed by atoms with Crippen molar-refractivity contribution in [1.29, 1.82) is 0 Å². The normalized spacial score (nSPS) is 11.9. The highest BCUT2D eigenvalue weighted by atomic mass is 16.1. The highest BCUT2D eigenvalue weighted by Crippen LogP contribution is 2.34. The fraction of sp³-hybridized carbons (Fsp3) is 0.610. The van der Waals surface area contributed by atoms with Crippen LogP contribution in [0.2, 0.25) is 0 Å². The number of anilines is 2. The van der Waals surface area contributed by atoms with E-state index in [9.17, 15) is 9.59 Å². The first-order valence-corrected chi connectivity index (χ1v) is 19.9. The maximum Gasteiger partial charge on any atom is 0.299 e. The number of unbranched alkanes of at least 4 members (excludes halogenated alkanes) is 18. The summed E-state index contributed by atoms with van der Waals surface area (Å²) >= 11 is 0. The number of hydrogen-bond acceptors (Lipinski definition) is 8. The molecule has 0 radical (unpaired) electrons. The Morgan fingerprint density at radius 1 is 0.529 bits per heavy atom. The average Bonchev–Trinajstić information content (AvgIpc) is 3.10. The van der Waals surface area contributed by atoms with E-state index in [-0.39, 0.29) is 11.6 Å². The molecule has 0 saturated heterocycles. The zero-order valence-corrected chi connectivity index (χ0v) is 31.4. The number of fused-ring (bicyclic) bond motifs is 4. The van der Waals surface area contributed by atoms with E-state index in [1.807, 2.05) is 13.0 Å². The molecule has 0 aromatic heterocycles. The van der Waals surface area contributed by atoms with Crippen LogP contribution in [0, 0.1) is 6.92 Å². The number of pyridine rings is 2. The number of nitrogen functional groups attached to an aromatic ring is 2. The molecule has 1 aromatic carbocycles. The lowest BCUT2D eigenvalue weighted by atomic mass is 10.0. The van der Waals surface area contributed by atoms with Crippen LogP contribution in [0.4, 0.5) is 11.6 Å². The van der Waals surface area contributed by atoms with Crippen molar-refractivity contribution < 1.29 is 0 Å². The molecule has 51 heavy (non-hydrogen) atoms. The maximum atomic E-state index is 13.2. The second-order valence-electron chi connectivity index (χ2n) is 14.6. The van der Waals surface area contributed by atoms with Crippen molar-refractivity contribution in [1.82, 2.24) is 29.1 Å². The Bertz CT molecular complexity index is 1930. The van der Waals surface area contributed by atoms with Crippen LogP contribution in [0.5, 0.6) is 0 Å². The van der Waals surface area contributed by atoms with Gasteiger partial charge in [0, 0.05) is 30.8 Å². The summed E-state index contributed by atoms with van der Waals surface area (Å²) < 4.78 is 4.33. The van der Waals surface area contributed by atoms with Gasteiger partial charge in [-0.25, -0.2) is 9.97 Å². The first-order valence-electron chi connectivity index (χ1n) is 19.9. The largest absolute Gasteiger partial charge is 0.384 e. The Kier molecular flexibility index (Phi) is 14.2. The second-order valence-corrected chi connectivity index (χ2v) is 14.6. The molecule has 0 atom stereocenters. The van der Waals surface area contributed by atoms with Gasteiger partial charge in [0.2, 0.25) is 0 Å². The van der Waals surface area contributed by atoms with Crippen molar-refractivity contribution in [2.45, 2.75) is 162 Å². The third-order valence-corrected chi connectivity index (χ3v) is 10.5. The number of aryl methyl sites for hydroxylation is 3. The van der Waals surface area contributed by atoms with Gasteiger partial charge in [-0.1, -0.05) is 129 Å². The standard InChI is InChI=1S/C41H60N8O2/c1-4-6-8-10-12-14-16-18-20-22-24-48-31-26-30-39(29(3)36(31)47-38-32(48)27-34(42)46-41(38)51)49(33-28-35(43)45-40(50)37(33)44-30)25-23-21-19-17-15-13-11-9-7-5-2/h26-28H,4-25H2,1-3H3,(H2,42,46,51)(H2,43,45,50). The minimum Gasteiger partial charge on any atom is -0.384 e. The molecule has 0 unspecified atom stereocenters. The zero-order chi connectivity index (χ0) is 36.2. The molecule has 4 aliphatic rings. The number of rotatable bonds is 22. The summed E-state index contributed by atoms with van der Waals surface area (Å²) in [5, 5.41) is 0. The summed E-state index contributed by atoms with van der Waals surface area (Å²) in [6.45, 7) is 7.96. The molecular formula is C41H60N8O2. The Hall–Kier alpha value is -4.08. The molecule has 5 rings (SSSR count). The van der Waals surface area contributed by atoms with E-state index in [2.05, 4.69) is 32.9 Å². The van der Waals surface area contributed by atoms with Crippen LogP contribution < -0.4 is 22.6 Å². The Morgan fingerprint density at radius 3 is 1.43 bits per heavy atom. The van der Waals surface area contributed by atoms with Gasteiger partial charge >= 0.3 is 0 Å². The number of nitrogens with zero attached hydrogens (tertiary/aromatic N) is 6. The van der Waals surface area contributed by atoms with Crippen molar-refractivity contribution in [3.63, 3.8) is 0 Å². The first kappa shape index (κ1) is 38.2. The van der Waals surface area contributed by atoms with Crippen LogP contribution in [0.3, 0.4) is 0 Å². The first-order chi connectivity index (χ1) is 24.8. The van der Waals surface area contributed by atoms with E-state index in [0.29, 0.717) is 41.4 Å². The summed E-state index contributed by atoms with van der Waals surface area (Å²) in [4.78, 5) is 44.3. The minimum atomic E-state index is -0.425. The average molecular weight is 697 g/mol. The molecule has 10 heteroatoms. The summed E-state index contributed by atoms with van der Waals surface area (Å²) in [7, 11) is 0. The second kappa shape index (κ2) is 19.0. The number of benzene rings is 1. The van der Waals surface area contributed by atoms with Crippen molar-refractivity contribution >= 4 is 33.7 Å². The van der Waals surface area contributed by atoms with Gasteiger partial charge in [-0.15, -0.1) is 0 Å². The lowest BCUT2D eigenvalue weighted by molar-refractivity contribution is 0.538. The molecule has 0 spiro atoms. The summed E-state index contributed by atoms with van der Waals surface area (Å²) in [6, 6.07) is 5.53. The highest BCUT2D eigenvalue weighted by Gasteiger charge is 2.24. The molecule has 10 nitrogen and oxygen atoms in total. The molecule has 0 bridgehead atoms. The molecule has 276 valence electrons. The third-order valence-electron chi connectivity index (χ3n) is 10.5. The van der Waals surface area contributed by atoms with Crippen molar-refractivity contribution in [3.8, 4) is 22.8 Å². The quantitative estimate of drug-likeness (QED) is 0.0537. The van der Waals surface area contributed by atoms with Crippen molar-refractivity contribution in [2.24, 2.45) is 0 Å². The number of nitrogens with two attached hydrogens (primary N) is 2. The monoisotopic (exact) mass is 696 g/mol. The topological polar surface area (TPSA) is 148 Å². The zero-order valence-electron chi connectivity index (χ0n) is 31.4. The van der Waals surface area contributed by atoms with Crippen molar-refractivity contribution in [3.05, 3.63) is 44.5 Å². The van der Waals surface area contributed by atoms with E-state index in [0.717, 1.165) is 47.8 Å². The minimum absolute atomic E-state index is 0.182. The number of aromatic nitrogens is 6.